The van der Waals surface area contributed by atoms with Crippen molar-refractivity contribution < 1.29 is 22.7 Å². The average molecular weight is 166 g/mol. The Morgan fingerprint density at radius 2 is 2.09 bits per heavy atom. The molecule has 1 saturated heterocycles. The lowest BCUT2D eigenvalue weighted by Gasteiger charge is -2.11. The van der Waals surface area contributed by atoms with Crippen LogP contribution in [0.5, 0.6) is 0 Å². The predicted octanol–water partition coefficient (Wildman–Crippen LogP) is 1.42. The van der Waals surface area contributed by atoms with Crippen molar-refractivity contribution in [2.75, 3.05) is 0 Å². The Hall–Kier alpha value is -1.00. The first-order chi connectivity index (χ1) is 4.91. The van der Waals surface area contributed by atoms with E-state index in [0.717, 1.165) is 0 Å². The molecule has 0 spiro atoms. The number of ether oxygens (including phenoxy) is 1. The lowest BCUT2D eigenvalue weighted by Crippen LogP contribution is -2.27. The van der Waals surface area contributed by atoms with Crippen molar-refractivity contribution in [3.63, 3.8) is 0 Å². The van der Waals surface area contributed by atoms with Gasteiger partial charge >= 0.3 is 12.1 Å². The van der Waals surface area contributed by atoms with Crippen molar-refractivity contribution in [2.24, 2.45) is 0 Å². The molecule has 0 aromatic rings. The summed E-state index contributed by atoms with van der Waals surface area (Å²) < 4.78 is 39.3. The maximum atomic E-state index is 11.8. The van der Waals surface area contributed by atoms with Gasteiger partial charge in [-0.1, -0.05) is 6.58 Å². The molecule has 0 unspecified atom stereocenters. The van der Waals surface area contributed by atoms with E-state index in [-0.39, 0.29) is 5.57 Å². The molecule has 0 saturated carbocycles. The highest BCUT2D eigenvalue weighted by atomic mass is 19.4. The molecule has 0 radical (unpaired) electrons. The van der Waals surface area contributed by atoms with Gasteiger partial charge < -0.3 is 4.74 Å². The number of hydrogen-bond acceptors (Lipinski definition) is 2. The third-order valence-electron chi connectivity index (χ3n) is 1.33. The van der Waals surface area contributed by atoms with Gasteiger partial charge in [-0.3, -0.25) is 0 Å². The molecule has 62 valence electrons. The maximum absolute atomic E-state index is 11.8. The zero-order valence-electron chi connectivity index (χ0n) is 5.44. The second-order valence-corrected chi connectivity index (χ2v) is 2.24. The molecule has 0 aromatic heterocycles. The van der Waals surface area contributed by atoms with Gasteiger partial charge in [-0.15, -0.1) is 0 Å². The molecule has 5 heteroatoms. The van der Waals surface area contributed by atoms with Gasteiger partial charge in [0.2, 0.25) is 6.10 Å². The van der Waals surface area contributed by atoms with Crippen molar-refractivity contribution in [3.05, 3.63) is 12.2 Å². The van der Waals surface area contributed by atoms with Crippen LogP contribution in [-0.4, -0.2) is 18.2 Å². The smallest absolute Gasteiger partial charge is 0.425 e. The zero-order chi connectivity index (χ0) is 8.65. The van der Waals surface area contributed by atoms with E-state index in [2.05, 4.69) is 11.3 Å². The Labute approximate surface area is 60.6 Å². The van der Waals surface area contributed by atoms with Crippen LogP contribution in [0.25, 0.3) is 0 Å². The highest BCUT2D eigenvalue weighted by molar-refractivity contribution is 5.90. The fraction of sp³-hybridized carbons (Fsp3) is 0.500. The lowest BCUT2D eigenvalue weighted by molar-refractivity contribution is -0.209. The monoisotopic (exact) mass is 166 g/mol. The molecule has 1 rings (SSSR count). The summed E-state index contributed by atoms with van der Waals surface area (Å²) in [5, 5.41) is 0. The Bertz CT molecular complexity index is 190. The summed E-state index contributed by atoms with van der Waals surface area (Å²) in [5.74, 6) is -0.952. The number of carbonyl (C=O) groups is 1. The van der Waals surface area contributed by atoms with Gasteiger partial charge in [-0.25, -0.2) is 4.79 Å². The summed E-state index contributed by atoms with van der Waals surface area (Å²) in [4.78, 5) is 10.4. The van der Waals surface area contributed by atoms with Gasteiger partial charge in [0.15, 0.2) is 0 Å². The summed E-state index contributed by atoms with van der Waals surface area (Å²) >= 11 is 0. The van der Waals surface area contributed by atoms with Gasteiger partial charge in [0, 0.05) is 12.0 Å². The molecule has 1 aliphatic rings. The molecule has 1 aliphatic heterocycles. The molecule has 1 atom stereocenters. The first-order valence-electron chi connectivity index (χ1n) is 2.86. The SMILES string of the molecule is C=C1C[C@H](C(F)(F)F)OC1=O. The standard InChI is InChI=1S/C6H5F3O2/c1-3-2-4(6(7,8)9)11-5(3)10/h4H,1-2H2/t4-/m1/s1. The van der Waals surface area contributed by atoms with Crippen LogP contribution in [0.3, 0.4) is 0 Å². The van der Waals surface area contributed by atoms with Crippen LogP contribution in [-0.2, 0) is 9.53 Å². The van der Waals surface area contributed by atoms with E-state index in [0.29, 0.717) is 0 Å². The third kappa shape index (κ3) is 1.53. The van der Waals surface area contributed by atoms with Crippen molar-refractivity contribution in [1.82, 2.24) is 0 Å². The number of esters is 1. The maximum Gasteiger partial charge on any atom is 0.425 e. The van der Waals surface area contributed by atoms with Gasteiger partial charge in [0.25, 0.3) is 0 Å². The van der Waals surface area contributed by atoms with E-state index in [4.69, 9.17) is 0 Å². The third-order valence-corrected chi connectivity index (χ3v) is 1.33. The summed E-state index contributed by atoms with van der Waals surface area (Å²) in [7, 11) is 0. The molecule has 0 N–H and O–H groups in total. The second-order valence-electron chi connectivity index (χ2n) is 2.24. The lowest BCUT2D eigenvalue weighted by atomic mass is 10.2. The van der Waals surface area contributed by atoms with E-state index < -0.39 is 24.7 Å². The number of halogens is 3. The number of cyclic esters (lactones) is 1. The van der Waals surface area contributed by atoms with E-state index in [1.54, 1.807) is 0 Å². The Balaban J connectivity index is 2.68. The van der Waals surface area contributed by atoms with Crippen molar-refractivity contribution in [2.45, 2.75) is 18.7 Å². The largest absolute Gasteiger partial charge is 0.449 e. The van der Waals surface area contributed by atoms with Gasteiger partial charge in [-0.2, -0.15) is 13.2 Å². The predicted molar refractivity (Wildman–Crippen MR) is 29.7 cm³/mol. The van der Waals surface area contributed by atoms with Crippen molar-refractivity contribution in [1.29, 1.82) is 0 Å². The fourth-order valence-corrected chi connectivity index (χ4v) is 0.744. The Morgan fingerprint density at radius 3 is 2.27 bits per heavy atom. The molecule has 0 aliphatic carbocycles. The molecule has 0 aromatic carbocycles. The van der Waals surface area contributed by atoms with Crippen LogP contribution in [0, 0.1) is 0 Å². The molecule has 0 bridgehead atoms. The number of hydrogen-bond donors (Lipinski definition) is 0. The summed E-state index contributed by atoms with van der Waals surface area (Å²) in [6, 6.07) is 0. The van der Waals surface area contributed by atoms with Crippen LogP contribution in [0.1, 0.15) is 6.42 Å². The van der Waals surface area contributed by atoms with E-state index in [1.165, 1.54) is 0 Å². The topological polar surface area (TPSA) is 26.3 Å². The molecule has 1 heterocycles. The highest BCUT2D eigenvalue weighted by Crippen LogP contribution is 2.32. The van der Waals surface area contributed by atoms with Crippen molar-refractivity contribution >= 4 is 5.97 Å². The molecular weight excluding hydrogens is 161 g/mol. The Kier molecular flexibility index (Phi) is 1.66. The van der Waals surface area contributed by atoms with E-state index in [9.17, 15) is 18.0 Å². The van der Waals surface area contributed by atoms with Crippen LogP contribution in [0.2, 0.25) is 0 Å². The summed E-state index contributed by atoms with van der Waals surface area (Å²) in [6.07, 6.45) is -6.89. The van der Waals surface area contributed by atoms with Gasteiger partial charge in [0.05, 0.1) is 0 Å². The highest BCUT2D eigenvalue weighted by Gasteiger charge is 2.47. The number of rotatable bonds is 0. The average Bonchev–Trinajstić information content (AvgIpc) is 2.11. The minimum Gasteiger partial charge on any atom is -0.449 e. The normalized spacial score (nSPS) is 25.5. The summed E-state index contributed by atoms with van der Waals surface area (Å²) in [6.45, 7) is 3.12. The summed E-state index contributed by atoms with van der Waals surface area (Å²) in [5.41, 5.74) is -0.118. The van der Waals surface area contributed by atoms with Crippen LogP contribution in [0.4, 0.5) is 13.2 Å². The first-order valence-corrected chi connectivity index (χ1v) is 2.86. The molecular formula is C6H5F3O2. The zero-order valence-corrected chi connectivity index (χ0v) is 5.44. The second kappa shape index (κ2) is 2.25. The number of carbonyl (C=O) groups excluding carboxylic acids is 1. The minimum atomic E-state index is -4.46. The van der Waals surface area contributed by atoms with Gasteiger partial charge in [-0.05, 0) is 0 Å². The van der Waals surface area contributed by atoms with E-state index in [1.807, 2.05) is 0 Å². The van der Waals surface area contributed by atoms with Gasteiger partial charge in [0.1, 0.15) is 0 Å². The Morgan fingerprint density at radius 1 is 1.55 bits per heavy atom. The quantitative estimate of drug-likeness (QED) is 0.402. The molecule has 11 heavy (non-hydrogen) atoms. The number of alkyl halides is 3. The fourth-order valence-electron chi connectivity index (χ4n) is 0.744. The molecule has 2 nitrogen and oxygen atoms in total. The van der Waals surface area contributed by atoms with Crippen LogP contribution < -0.4 is 0 Å². The van der Waals surface area contributed by atoms with Crippen molar-refractivity contribution in [3.8, 4) is 0 Å². The van der Waals surface area contributed by atoms with E-state index >= 15 is 0 Å². The first kappa shape index (κ1) is 8.10. The van der Waals surface area contributed by atoms with Crippen LogP contribution >= 0.6 is 0 Å². The van der Waals surface area contributed by atoms with Crippen LogP contribution in [0.15, 0.2) is 12.2 Å². The molecule has 1 fully saturated rings. The molecule has 0 amide bonds. The minimum absolute atomic E-state index is 0.118.